The van der Waals surface area contributed by atoms with Crippen LogP contribution in [0.4, 0.5) is 4.39 Å². The lowest BCUT2D eigenvalue weighted by Crippen LogP contribution is -2.33. The maximum atomic E-state index is 13.1. The summed E-state index contributed by atoms with van der Waals surface area (Å²) in [5.74, 6) is -1.15. The van der Waals surface area contributed by atoms with Crippen LogP contribution in [0.15, 0.2) is 47.6 Å². The first-order chi connectivity index (χ1) is 11.3. The lowest BCUT2D eigenvalue weighted by atomic mass is 10.1. The van der Waals surface area contributed by atoms with E-state index in [-0.39, 0.29) is 17.0 Å². The molecule has 0 aliphatic heterocycles. The van der Waals surface area contributed by atoms with Gasteiger partial charge in [-0.1, -0.05) is 19.1 Å². The molecule has 1 atom stereocenters. The van der Waals surface area contributed by atoms with Gasteiger partial charge in [-0.2, -0.15) is 4.31 Å². The Labute approximate surface area is 140 Å². The van der Waals surface area contributed by atoms with E-state index in [2.05, 4.69) is 4.98 Å². The molecular formula is C16H18FN3O3S. The summed E-state index contributed by atoms with van der Waals surface area (Å²) in [7, 11) is -3.90. The second-order valence-corrected chi connectivity index (χ2v) is 7.10. The summed E-state index contributed by atoms with van der Waals surface area (Å²) in [5, 5.41) is 0. The van der Waals surface area contributed by atoms with Gasteiger partial charge in [-0.25, -0.2) is 12.8 Å². The summed E-state index contributed by atoms with van der Waals surface area (Å²) >= 11 is 0. The lowest BCUT2D eigenvalue weighted by molar-refractivity contribution is 0.0999. The van der Waals surface area contributed by atoms with Gasteiger partial charge in [0.05, 0.1) is 5.56 Å². The van der Waals surface area contributed by atoms with Crippen molar-refractivity contribution in [3.05, 3.63) is 59.7 Å². The third kappa shape index (κ3) is 3.60. The quantitative estimate of drug-likeness (QED) is 0.862. The van der Waals surface area contributed by atoms with Crippen molar-refractivity contribution < 1.29 is 17.6 Å². The molecule has 0 spiro atoms. The Kier molecular flexibility index (Phi) is 5.30. The molecule has 1 amide bonds. The number of nitrogens with zero attached hydrogens (tertiary/aromatic N) is 2. The zero-order chi connectivity index (χ0) is 17.9. The third-order valence-electron chi connectivity index (χ3n) is 3.70. The van der Waals surface area contributed by atoms with Crippen molar-refractivity contribution in [1.29, 1.82) is 0 Å². The Hall–Kier alpha value is -2.32. The number of carbonyl (C=O) groups excluding carboxylic acids is 1. The predicted octanol–water partition coefficient (Wildman–Crippen LogP) is 2.09. The monoisotopic (exact) mass is 351 g/mol. The van der Waals surface area contributed by atoms with Crippen LogP contribution in [0.2, 0.25) is 0 Å². The molecule has 1 aromatic heterocycles. The Bertz CT molecular complexity index is 838. The second-order valence-electron chi connectivity index (χ2n) is 5.21. The highest BCUT2D eigenvalue weighted by Gasteiger charge is 2.29. The standard InChI is InChI=1S/C16H18FN3O3S/c1-3-20(11(2)12-4-6-14(17)7-5-12)24(22,23)15-8-13(16(18)21)9-19-10-15/h4-11H,3H2,1-2H3,(H2,18,21)/t11-/m0/s1. The number of aromatic nitrogens is 1. The summed E-state index contributed by atoms with van der Waals surface area (Å²) in [5.41, 5.74) is 5.85. The Morgan fingerprint density at radius 1 is 1.29 bits per heavy atom. The van der Waals surface area contributed by atoms with Gasteiger partial charge in [0.15, 0.2) is 0 Å². The van der Waals surface area contributed by atoms with E-state index in [0.29, 0.717) is 5.56 Å². The molecule has 8 heteroatoms. The summed E-state index contributed by atoms with van der Waals surface area (Å²) in [4.78, 5) is 14.9. The highest BCUT2D eigenvalue weighted by Crippen LogP contribution is 2.27. The molecule has 0 unspecified atom stereocenters. The molecule has 1 heterocycles. The van der Waals surface area contributed by atoms with E-state index >= 15 is 0 Å². The number of rotatable bonds is 6. The normalized spacial score (nSPS) is 13.0. The number of sulfonamides is 1. The second kappa shape index (κ2) is 7.06. The van der Waals surface area contributed by atoms with Gasteiger partial charge in [-0.05, 0) is 30.7 Å². The summed E-state index contributed by atoms with van der Waals surface area (Å²) < 4.78 is 40.1. The lowest BCUT2D eigenvalue weighted by Gasteiger charge is -2.27. The molecule has 0 bridgehead atoms. The Balaban J connectivity index is 2.42. The fourth-order valence-corrected chi connectivity index (χ4v) is 4.01. The van der Waals surface area contributed by atoms with Gasteiger partial charge in [-0.15, -0.1) is 0 Å². The van der Waals surface area contributed by atoms with E-state index in [1.54, 1.807) is 13.8 Å². The van der Waals surface area contributed by atoms with E-state index in [0.717, 1.165) is 0 Å². The molecule has 0 aliphatic carbocycles. The highest BCUT2D eigenvalue weighted by molar-refractivity contribution is 7.89. The molecule has 6 nitrogen and oxygen atoms in total. The first kappa shape index (κ1) is 18.0. The van der Waals surface area contributed by atoms with E-state index in [1.807, 2.05) is 0 Å². The van der Waals surface area contributed by atoms with E-state index in [9.17, 15) is 17.6 Å². The minimum absolute atomic E-state index is 0.0153. The Morgan fingerprint density at radius 3 is 2.46 bits per heavy atom. The van der Waals surface area contributed by atoms with Crippen LogP contribution < -0.4 is 5.73 Å². The molecule has 2 N–H and O–H groups in total. The van der Waals surface area contributed by atoms with Gasteiger partial charge in [0.25, 0.3) is 0 Å². The number of halogens is 1. The first-order valence-electron chi connectivity index (χ1n) is 7.29. The van der Waals surface area contributed by atoms with Crippen molar-refractivity contribution in [2.24, 2.45) is 5.73 Å². The molecule has 0 saturated heterocycles. The first-order valence-corrected chi connectivity index (χ1v) is 8.73. The average Bonchev–Trinajstić information content (AvgIpc) is 2.56. The third-order valence-corrected chi connectivity index (χ3v) is 5.71. The SMILES string of the molecule is CCN([C@@H](C)c1ccc(F)cc1)S(=O)(=O)c1cncc(C(N)=O)c1. The van der Waals surface area contributed by atoms with Crippen molar-refractivity contribution in [1.82, 2.24) is 9.29 Å². The Morgan fingerprint density at radius 2 is 1.92 bits per heavy atom. The fourth-order valence-electron chi connectivity index (χ4n) is 2.39. The molecule has 128 valence electrons. The maximum absolute atomic E-state index is 13.1. The van der Waals surface area contributed by atoms with Crippen molar-refractivity contribution >= 4 is 15.9 Å². The number of primary amides is 1. The molecular weight excluding hydrogens is 333 g/mol. The largest absolute Gasteiger partial charge is 0.366 e. The number of hydrogen-bond donors (Lipinski definition) is 1. The zero-order valence-corrected chi connectivity index (χ0v) is 14.1. The van der Waals surface area contributed by atoms with Gasteiger partial charge in [0.2, 0.25) is 15.9 Å². The average molecular weight is 351 g/mol. The van der Waals surface area contributed by atoms with Gasteiger partial charge in [0, 0.05) is 25.0 Å². The van der Waals surface area contributed by atoms with Crippen LogP contribution in [-0.4, -0.2) is 30.2 Å². The highest BCUT2D eigenvalue weighted by atomic mass is 32.2. The van der Waals surface area contributed by atoms with Gasteiger partial charge in [-0.3, -0.25) is 9.78 Å². The van der Waals surface area contributed by atoms with Crippen LogP contribution in [0.5, 0.6) is 0 Å². The van der Waals surface area contributed by atoms with Crippen LogP contribution in [-0.2, 0) is 10.0 Å². The minimum atomic E-state index is -3.90. The maximum Gasteiger partial charge on any atom is 0.250 e. The molecule has 0 aliphatic rings. The topological polar surface area (TPSA) is 93.4 Å². The van der Waals surface area contributed by atoms with Gasteiger partial charge in [0.1, 0.15) is 10.7 Å². The van der Waals surface area contributed by atoms with Crippen LogP contribution in [0.25, 0.3) is 0 Å². The number of pyridine rings is 1. The van der Waals surface area contributed by atoms with E-state index in [1.165, 1.54) is 47.0 Å². The van der Waals surface area contributed by atoms with Gasteiger partial charge < -0.3 is 5.73 Å². The van der Waals surface area contributed by atoms with Crippen molar-refractivity contribution in [2.45, 2.75) is 24.8 Å². The minimum Gasteiger partial charge on any atom is -0.366 e. The molecule has 2 rings (SSSR count). The summed E-state index contributed by atoms with van der Waals surface area (Å²) in [6.07, 6.45) is 2.38. The molecule has 1 aromatic carbocycles. The van der Waals surface area contributed by atoms with Crippen molar-refractivity contribution in [2.75, 3.05) is 6.54 Å². The van der Waals surface area contributed by atoms with Crippen LogP contribution in [0.1, 0.15) is 35.8 Å². The van der Waals surface area contributed by atoms with Crippen LogP contribution >= 0.6 is 0 Å². The molecule has 2 aromatic rings. The molecule has 24 heavy (non-hydrogen) atoms. The summed E-state index contributed by atoms with van der Waals surface area (Å²) in [6, 6.07) is 6.32. The predicted molar refractivity (Wildman–Crippen MR) is 87.1 cm³/mol. The molecule has 0 radical (unpaired) electrons. The van der Waals surface area contributed by atoms with Crippen molar-refractivity contribution in [3.63, 3.8) is 0 Å². The van der Waals surface area contributed by atoms with Crippen LogP contribution in [0.3, 0.4) is 0 Å². The number of benzene rings is 1. The van der Waals surface area contributed by atoms with Crippen LogP contribution in [0, 0.1) is 5.82 Å². The van der Waals surface area contributed by atoms with Gasteiger partial charge >= 0.3 is 0 Å². The molecule has 0 saturated carbocycles. The summed E-state index contributed by atoms with van der Waals surface area (Å²) in [6.45, 7) is 3.60. The van der Waals surface area contributed by atoms with Crippen molar-refractivity contribution in [3.8, 4) is 0 Å². The van der Waals surface area contributed by atoms with E-state index in [4.69, 9.17) is 5.73 Å². The van der Waals surface area contributed by atoms with E-state index < -0.39 is 27.8 Å². The number of hydrogen-bond acceptors (Lipinski definition) is 4. The number of carbonyl (C=O) groups is 1. The smallest absolute Gasteiger partial charge is 0.250 e. The zero-order valence-electron chi connectivity index (χ0n) is 13.3. The fraction of sp³-hybridized carbons (Fsp3) is 0.250. The number of amides is 1. The molecule has 0 fully saturated rings. The number of nitrogens with two attached hydrogens (primary N) is 1.